The van der Waals surface area contributed by atoms with Crippen molar-refractivity contribution in [3.63, 3.8) is 0 Å². The summed E-state index contributed by atoms with van der Waals surface area (Å²) in [5, 5.41) is 11.7. The Bertz CT molecular complexity index is 1020. The molecule has 0 saturated heterocycles. The molecule has 3 aromatic rings. The van der Waals surface area contributed by atoms with Gasteiger partial charge in [-0.2, -0.15) is 14.9 Å². The fourth-order valence-electron chi connectivity index (χ4n) is 2.73. The summed E-state index contributed by atoms with van der Waals surface area (Å²) in [6.07, 6.45) is 3.83. The standard InChI is InChI=1S/C22H26N4O2S/c1-4-6-13-28-19-12-9-17(14-20(19)27-5-2)15-23-26-21(24-25-22(26)29)18-10-7-16(3)8-11-18/h7-12,14-15H,4-6,13H2,1-3H3,(H,25,29)/b23-15-. The molecule has 0 bridgehead atoms. The molecule has 0 saturated carbocycles. The highest BCUT2D eigenvalue weighted by Gasteiger charge is 2.09. The van der Waals surface area contributed by atoms with Crippen molar-refractivity contribution < 1.29 is 9.47 Å². The van der Waals surface area contributed by atoms with E-state index in [1.807, 2.05) is 56.3 Å². The molecule has 0 amide bonds. The second-order valence-corrected chi connectivity index (χ2v) is 7.00. The molecule has 0 spiro atoms. The molecule has 1 aromatic heterocycles. The third-order valence-corrected chi connectivity index (χ3v) is 4.57. The number of benzene rings is 2. The molecular weight excluding hydrogens is 384 g/mol. The summed E-state index contributed by atoms with van der Waals surface area (Å²) in [5.41, 5.74) is 3.01. The highest BCUT2D eigenvalue weighted by Crippen LogP contribution is 2.28. The second-order valence-electron chi connectivity index (χ2n) is 6.62. The highest BCUT2D eigenvalue weighted by molar-refractivity contribution is 7.71. The molecule has 0 fully saturated rings. The molecule has 152 valence electrons. The van der Waals surface area contributed by atoms with Crippen LogP contribution in [-0.4, -0.2) is 34.3 Å². The van der Waals surface area contributed by atoms with Crippen LogP contribution in [-0.2, 0) is 0 Å². The van der Waals surface area contributed by atoms with Gasteiger partial charge in [0.2, 0.25) is 4.77 Å². The molecule has 29 heavy (non-hydrogen) atoms. The lowest BCUT2D eigenvalue weighted by atomic mass is 10.1. The topological polar surface area (TPSA) is 64.4 Å². The minimum absolute atomic E-state index is 0.432. The van der Waals surface area contributed by atoms with Crippen LogP contribution in [0.2, 0.25) is 0 Å². The lowest BCUT2D eigenvalue weighted by molar-refractivity contribution is 0.272. The predicted octanol–water partition coefficient (Wildman–Crippen LogP) is 5.38. The van der Waals surface area contributed by atoms with Crippen LogP contribution in [0.15, 0.2) is 47.6 Å². The van der Waals surface area contributed by atoms with E-state index in [0.29, 0.717) is 29.6 Å². The SMILES string of the molecule is CCCCOc1ccc(/C=N\n2c(-c3ccc(C)cc3)n[nH]c2=S)cc1OCC. The Hall–Kier alpha value is -2.93. The summed E-state index contributed by atoms with van der Waals surface area (Å²) in [7, 11) is 0. The Morgan fingerprint density at radius 2 is 1.90 bits per heavy atom. The van der Waals surface area contributed by atoms with E-state index in [9.17, 15) is 0 Å². The zero-order valence-corrected chi connectivity index (χ0v) is 17.8. The Morgan fingerprint density at radius 3 is 2.62 bits per heavy atom. The van der Waals surface area contributed by atoms with Gasteiger partial charge in [-0.15, -0.1) is 0 Å². The Kier molecular flexibility index (Phi) is 7.19. The first-order chi connectivity index (χ1) is 14.1. The van der Waals surface area contributed by atoms with Crippen LogP contribution in [0.1, 0.15) is 37.8 Å². The Morgan fingerprint density at radius 1 is 1.10 bits per heavy atom. The number of aromatic amines is 1. The third kappa shape index (κ3) is 5.32. The monoisotopic (exact) mass is 410 g/mol. The van der Waals surface area contributed by atoms with Crippen molar-refractivity contribution in [1.29, 1.82) is 0 Å². The van der Waals surface area contributed by atoms with Crippen LogP contribution in [0, 0.1) is 11.7 Å². The summed E-state index contributed by atoms with van der Waals surface area (Å²) in [6, 6.07) is 13.9. The number of nitrogens with zero attached hydrogens (tertiary/aromatic N) is 3. The summed E-state index contributed by atoms with van der Waals surface area (Å²) < 4.78 is 13.6. The van der Waals surface area contributed by atoms with Gasteiger partial charge in [0, 0.05) is 5.56 Å². The normalized spacial score (nSPS) is 11.1. The van der Waals surface area contributed by atoms with Crippen molar-refractivity contribution in [3.05, 3.63) is 58.4 Å². The summed E-state index contributed by atoms with van der Waals surface area (Å²) in [6.45, 7) is 7.38. The zero-order valence-electron chi connectivity index (χ0n) is 17.0. The number of hydrogen-bond donors (Lipinski definition) is 1. The molecule has 0 aliphatic heterocycles. The van der Waals surface area contributed by atoms with E-state index in [4.69, 9.17) is 21.7 Å². The molecular formula is C22H26N4O2S. The highest BCUT2D eigenvalue weighted by atomic mass is 32.1. The molecule has 0 aliphatic rings. The van der Waals surface area contributed by atoms with E-state index in [2.05, 4.69) is 22.2 Å². The average molecular weight is 411 g/mol. The van der Waals surface area contributed by atoms with Crippen molar-refractivity contribution in [1.82, 2.24) is 14.9 Å². The number of unbranched alkanes of at least 4 members (excludes halogenated alkanes) is 1. The van der Waals surface area contributed by atoms with Gasteiger partial charge in [-0.3, -0.25) is 0 Å². The molecule has 1 N–H and O–H groups in total. The molecule has 1 heterocycles. The average Bonchev–Trinajstić information content (AvgIpc) is 3.09. The first-order valence-corrected chi connectivity index (χ1v) is 10.2. The summed E-state index contributed by atoms with van der Waals surface area (Å²) in [5.74, 6) is 2.12. The van der Waals surface area contributed by atoms with Gasteiger partial charge in [0.25, 0.3) is 0 Å². The van der Waals surface area contributed by atoms with E-state index in [-0.39, 0.29) is 0 Å². The smallest absolute Gasteiger partial charge is 0.216 e. The molecule has 0 radical (unpaired) electrons. The Labute approximate surface area is 176 Å². The molecule has 7 heteroatoms. The van der Waals surface area contributed by atoms with E-state index in [1.54, 1.807) is 10.9 Å². The maximum Gasteiger partial charge on any atom is 0.216 e. The van der Waals surface area contributed by atoms with Crippen LogP contribution >= 0.6 is 12.2 Å². The molecule has 0 unspecified atom stereocenters. The van der Waals surface area contributed by atoms with Gasteiger partial charge in [0.1, 0.15) is 0 Å². The second kappa shape index (κ2) is 10.0. The van der Waals surface area contributed by atoms with Crippen LogP contribution in [0.5, 0.6) is 11.5 Å². The maximum absolute atomic E-state index is 5.83. The number of H-pyrrole nitrogens is 1. The molecule has 2 aromatic carbocycles. The third-order valence-electron chi connectivity index (χ3n) is 4.31. The molecule has 0 aliphatic carbocycles. The number of aryl methyl sites for hydroxylation is 1. The van der Waals surface area contributed by atoms with Gasteiger partial charge in [0.05, 0.1) is 19.4 Å². The van der Waals surface area contributed by atoms with Crippen LogP contribution in [0.4, 0.5) is 0 Å². The van der Waals surface area contributed by atoms with E-state index < -0.39 is 0 Å². The number of rotatable bonds is 9. The lowest BCUT2D eigenvalue weighted by Crippen LogP contribution is -2.01. The van der Waals surface area contributed by atoms with Gasteiger partial charge in [-0.05, 0) is 56.2 Å². The molecule has 0 atom stereocenters. The van der Waals surface area contributed by atoms with E-state index >= 15 is 0 Å². The summed E-state index contributed by atoms with van der Waals surface area (Å²) >= 11 is 5.35. The first-order valence-electron chi connectivity index (χ1n) is 9.80. The minimum Gasteiger partial charge on any atom is -0.490 e. The fraction of sp³-hybridized carbons (Fsp3) is 0.318. The zero-order chi connectivity index (χ0) is 20.6. The Balaban J connectivity index is 1.86. The number of ether oxygens (including phenoxy) is 2. The van der Waals surface area contributed by atoms with E-state index in [0.717, 1.165) is 29.7 Å². The van der Waals surface area contributed by atoms with Crippen LogP contribution < -0.4 is 9.47 Å². The largest absolute Gasteiger partial charge is 0.490 e. The predicted molar refractivity (Wildman–Crippen MR) is 119 cm³/mol. The summed E-state index contributed by atoms with van der Waals surface area (Å²) in [4.78, 5) is 0. The first kappa shape index (κ1) is 20.8. The minimum atomic E-state index is 0.432. The fourth-order valence-corrected chi connectivity index (χ4v) is 2.91. The van der Waals surface area contributed by atoms with Crippen molar-refractivity contribution in [3.8, 4) is 22.9 Å². The molecule has 6 nitrogen and oxygen atoms in total. The van der Waals surface area contributed by atoms with Crippen molar-refractivity contribution in [2.75, 3.05) is 13.2 Å². The maximum atomic E-state index is 5.83. The molecule has 3 rings (SSSR count). The number of nitrogens with one attached hydrogen (secondary N) is 1. The van der Waals surface area contributed by atoms with Crippen molar-refractivity contribution in [2.24, 2.45) is 5.10 Å². The van der Waals surface area contributed by atoms with Gasteiger partial charge in [-0.25, -0.2) is 5.10 Å². The number of aromatic nitrogens is 3. The van der Waals surface area contributed by atoms with Crippen molar-refractivity contribution in [2.45, 2.75) is 33.6 Å². The van der Waals surface area contributed by atoms with E-state index in [1.165, 1.54) is 5.56 Å². The van der Waals surface area contributed by atoms with Gasteiger partial charge < -0.3 is 9.47 Å². The van der Waals surface area contributed by atoms with Crippen molar-refractivity contribution >= 4 is 18.4 Å². The number of hydrogen-bond acceptors (Lipinski definition) is 5. The van der Waals surface area contributed by atoms with Crippen LogP contribution in [0.25, 0.3) is 11.4 Å². The van der Waals surface area contributed by atoms with Gasteiger partial charge >= 0.3 is 0 Å². The van der Waals surface area contributed by atoms with Gasteiger partial charge in [-0.1, -0.05) is 43.2 Å². The van der Waals surface area contributed by atoms with Gasteiger partial charge in [0.15, 0.2) is 17.3 Å². The quantitative estimate of drug-likeness (QED) is 0.292. The van der Waals surface area contributed by atoms with Crippen LogP contribution in [0.3, 0.4) is 0 Å². The lowest BCUT2D eigenvalue weighted by Gasteiger charge is -2.12.